The van der Waals surface area contributed by atoms with E-state index >= 15 is 0 Å². The Morgan fingerprint density at radius 3 is 2.50 bits per heavy atom. The lowest BCUT2D eigenvalue weighted by molar-refractivity contribution is 0.102. The lowest BCUT2D eigenvalue weighted by Gasteiger charge is -2.10. The van der Waals surface area contributed by atoms with Gasteiger partial charge in [0.05, 0.1) is 11.4 Å². The number of carbonyl (C=O) groups excluding carboxylic acids is 1. The number of rotatable bonds is 3. The number of carbonyl (C=O) groups is 1. The highest BCUT2D eigenvalue weighted by Crippen LogP contribution is 2.20. The molecule has 0 radical (unpaired) electrons. The van der Waals surface area contributed by atoms with Crippen LogP contribution >= 0.6 is 11.5 Å². The zero-order valence-electron chi connectivity index (χ0n) is 12.5. The number of amides is 1. The fourth-order valence-corrected chi connectivity index (χ4v) is 2.74. The van der Waals surface area contributed by atoms with Gasteiger partial charge in [-0.15, -0.1) is 5.10 Å². The first-order chi connectivity index (χ1) is 10.5. The molecule has 0 unspecified atom stereocenters. The van der Waals surface area contributed by atoms with Crippen LogP contribution in [0.1, 0.15) is 27.3 Å². The third kappa shape index (κ3) is 2.89. The molecule has 0 saturated heterocycles. The summed E-state index contributed by atoms with van der Waals surface area (Å²) >= 11 is 1.14. The van der Waals surface area contributed by atoms with Crippen molar-refractivity contribution in [2.45, 2.75) is 20.8 Å². The molecule has 1 amide bonds. The molecule has 22 heavy (non-hydrogen) atoms. The molecular weight excluding hydrogens is 298 g/mol. The SMILES string of the molecule is Cc1cc(C)cc(-n2nc(C)cc2NC(=O)c2csnn2)c1. The molecule has 2 heterocycles. The normalized spacial score (nSPS) is 10.7. The Morgan fingerprint density at radius 1 is 1.14 bits per heavy atom. The van der Waals surface area contributed by atoms with Gasteiger partial charge in [-0.05, 0) is 55.6 Å². The van der Waals surface area contributed by atoms with E-state index in [1.165, 1.54) is 0 Å². The van der Waals surface area contributed by atoms with Crippen molar-refractivity contribution in [3.8, 4) is 5.69 Å². The Labute approximate surface area is 132 Å². The van der Waals surface area contributed by atoms with Gasteiger partial charge in [0.1, 0.15) is 5.82 Å². The predicted octanol–water partition coefficient (Wildman–Crippen LogP) is 2.90. The van der Waals surface area contributed by atoms with Gasteiger partial charge < -0.3 is 5.32 Å². The second-order valence-electron chi connectivity index (χ2n) is 5.17. The molecule has 7 heteroatoms. The minimum Gasteiger partial charge on any atom is -0.305 e. The predicted molar refractivity (Wildman–Crippen MR) is 85.6 cm³/mol. The Morgan fingerprint density at radius 2 is 1.86 bits per heavy atom. The van der Waals surface area contributed by atoms with Crippen molar-refractivity contribution in [1.29, 1.82) is 0 Å². The van der Waals surface area contributed by atoms with Crippen molar-refractivity contribution < 1.29 is 4.79 Å². The molecule has 0 saturated carbocycles. The Bertz CT molecular complexity index is 802. The van der Waals surface area contributed by atoms with Crippen LogP contribution in [0, 0.1) is 20.8 Å². The van der Waals surface area contributed by atoms with E-state index in [1.54, 1.807) is 10.1 Å². The van der Waals surface area contributed by atoms with Gasteiger partial charge in [0.15, 0.2) is 5.69 Å². The van der Waals surface area contributed by atoms with Gasteiger partial charge >= 0.3 is 0 Å². The summed E-state index contributed by atoms with van der Waals surface area (Å²) in [5.41, 5.74) is 4.33. The van der Waals surface area contributed by atoms with Crippen molar-refractivity contribution >= 4 is 23.3 Å². The van der Waals surface area contributed by atoms with Crippen LogP contribution in [0.15, 0.2) is 29.6 Å². The van der Waals surface area contributed by atoms with Crippen molar-refractivity contribution in [3.63, 3.8) is 0 Å². The van der Waals surface area contributed by atoms with Crippen LogP contribution in [-0.4, -0.2) is 25.3 Å². The number of aryl methyl sites for hydroxylation is 3. The molecule has 6 nitrogen and oxygen atoms in total. The van der Waals surface area contributed by atoms with E-state index < -0.39 is 0 Å². The maximum Gasteiger partial charge on any atom is 0.278 e. The van der Waals surface area contributed by atoms with E-state index in [1.807, 2.05) is 39.0 Å². The van der Waals surface area contributed by atoms with E-state index in [0.717, 1.165) is 34.0 Å². The molecule has 0 spiro atoms. The van der Waals surface area contributed by atoms with Crippen molar-refractivity contribution in [1.82, 2.24) is 19.4 Å². The summed E-state index contributed by atoms with van der Waals surface area (Å²) < 4.78 is 5.43. The average molecular weight is 313 g/mol. The van der Waals surface area contributed by atoms with Gasteiger partial charge in [-0.2, -0.15) is 5.10 Å². The van der Waals surface area contributed by atoms with E-state index in [-0.39, 0.29) is 5.91 Å². The number of benzene rings is 1. The summed E-state index contributed by atoms with van der Waals surface area (Å²) in [6.07, 6.45) is 0. The van der Waals surface area contributed by atoms with Gasteiger partial charge in [-0.3, -0.25) is 4.79 Å². The summed E-state index contributed by atoms with van der Waals surface area (Å²) in [6, 6.07) is 7.98. The largest absolute Gasteiger partial charge is 0.305 e. The standard InChI is InChI=1S/C15H15N5OS/c1-9-4-10(2)6-12(5-9)20-14(7-11(3)18-20)16-15(21)13-8-22-19-17-13/h4-8H,1-3H3,(H,16,21). The summed E-state index contributed by atoms with van der Waals surface area (Å²) in [5.74, 6) is 0.319. The quantitative estimate of drug-likeness (QED) is 0.807. The topological polar surface area (TPSA) is 72.7 Å². The van der Waals surface area contributed by atoms with Crippen molar-refractivity contribution in [3.05, 3.63) is 52.2 Å². The van der Waals surface area contributed by atoms with Crippen molar-refractivity contribution in [2.75, 3.05) is 5.32 Å². The van der Waals surface area contributed by atoms with Gasteiger partial charge in [0.2, 0.25) is 0 Å². The number of hydrogen-bond acceptors (Lipinski definition) is 5. The summed E-state index contributed by atoms with van der Waals surface area (Å²) in [6.45, 7) is 5.96. The number of hydrogen-bond donors (Lipinski definition) is 1. The summed E-state index contributed by atoms with van der Waals surface area (Å²) in [5, 5.41) is 12.7. The summed E-state index contributed by atoms with van der Waals surface area (Å²) in [7, 11) is 0. The molecule has 0 fully saturated rings. The minimum absolute atomic E-state index is 0.292. The molecule has 0 atom stereocenters. The lowest BCUT2D eigenvalue weighted by Crippen LogP contribution is -2.15. The van der Waals surface area contributed by atoms with Crippen LogP contribution < -0.4 is 5.32 Å². The third-order valence-electron chi connectivity index (χ3n) is 3.12. The molecule has 3 rings (SSSR count). The molecule has 0 aliphatic carbocycles. The summed E-state index contributed by atoms with van der Waals surface area (Å²) in [4.78, 5) is 12.2. The molecule has 1 N–H and O–H groups in total. The Hall–Kier alpha value is -2.54. The highest BCUT2D eigenvalue weighted by Gasteiger charge is 2.14. The fourth-order valence-electron chi connectivity index (χ4n) is 2.30. The van der Waals surface area contributed by atoms with Gasteiger partial charge in [-0.25, -0.2) is 4.68 Å². The number of nitrogens with one attached hydrogen (secondary N) is 1. The first-order valence-electron chi connectivity index (χ1n) is 6.76. The lowest BCUT2D eigenvalue weighted by atomic mass is 10.1. The first kappa shape index (κ1) is 14.4. The Balaban J connectivity index is 1.98. The monoisotopic (exact) mass is 313 g/mol. The first-order valence-corrected chi connectivity index (χ1v) is 7.60. The zero-order valence-corrected chi connectivity index (χ0v) is 13.3. The van der Waals surface area contributed by atoms with E-state index in [2.05, 4.69) is 26.1 Å². The van der Waals surface area contributed by atoms with Crippen LogP contribution in [0.3, 0.4) is 0 Å². The molecule has 2 aromatic heterocycles. The van der Waals surface area contributed by atoms with Crippen LogP contribution in [-0.2, 0) is 0 Å². The van der Waals surface area contributed by atoms with Gasteiger partial charge in [-0.1, -0.05) is 10.6 Å². The maximum atomic E-state index is 12.2. The number of aromatic nitrogens is 4. The highest BCUT2D eigenvalue weighted by molar-refractivity contribution is 7.03. The molecule has 3 aromatic rings. The third-order valence-corrected chi connectivity index (χ3v) is 3.62. The molecule has 0 aliphatic heterocycles. The van der Waals surface area contributed by atoms with Crippen LogP contribution in [0.5, 0.6) is 0 Å². The maximum absolute atomic E-state index is 12.2. The smallest absolute Gasteiger partial charge is 0.278 e. The second-order valence-corrected chi connectivity index (χ2v) is 5.78. The van der Waals surface area contributed by atoms with Crippen LogP contribution in [0.4, 0.5) is 5.82 Å². The van der Waals surface area contributed by atoms with Crippen molar-refractivity contribution in [2.24, 2.45) is 0 Å². The van der Waals surface area contributed by atoms with E-state index in [4.69, 9.17) is 0 Å². The molecular formula is C15H15N5OS. The van der Waals surface area contributed by atoms with E-state index in [9.17, 15) is 4.79 Å². The second kappa shape index (κ2) is 5.69. The molecule has 0 bridgehead atoms. The van der Waals surface area contributed by atoms with Crippen LogP contribution in [0.25, 0.3) is 5.69 Å². The minimum atomic E-state index is -0.292. The molecule has 112 valence electrons. The van der Waals surface area contributed by atoms with E-state index in [0.29, 0.717) is 11.5 Å². The Kier molecular flexibility index (Phi) is 3.72. The molecule has 0 aliphatic rings. The molecule has 1 aromatic carbocycles. The number of anilines is 1. The van der Waals surface area contributed by atoms with Gasteiger partial charge in [0.25, 0.3) is 5.91 Å². The van der Waals surface area contributed by atoms with Gasteiger partial charge in [0, 0.05) is 11.4 Å². The van der Waals surface area contributed by atoms with Crippen LogP contribution in [0.2, 0.25) is 0 Å². The average Bonchev–Trinajstić information content (AvgIpc) is 3.07. The highest BCUT2D eigenvalue weighted by atomic mass is 32.1. The fraction of sp³-hybridized carbons (Fsp3) is 0.200. The zero-order chi connectivity index (χ0) is 15.7. The number of nitrogens with zero attached hydrogens (tertiary/aromatic N) is 4.